The van der Waals surface area contributed by atoms with Gasteiger partial charge in [0.15, 0.2) is 5.69 Å². The van der Waals surface area contributed by atoms with Crippen molar-refractivity contribution >= 4 is 11.7 Å². The first-order valence-corrected chi connectivity index (χ1v) is 8.72. The maximum atomic E-state index is 12.6. The fraction of sp³-hybridized carbons (Fsp3) is 0.421. The second-order valence-corrected chi connectivity index (χ2v) is 6.35. The van der Waals surface area contributed by atoms with E-state index in [1.54, 1.807) is 19.1 Å². The van der Waals surface area contributed by atoms with Crippen LogP contribution in [0.2, 0.25) is 0 Å². The van der Waals surface area contributed by atoms with E-state index in [1.165, 1.54) is 10.7 Å². The summed E-state index contributed by atoms with van der Waals surface area (Å²) in [6, 6.07) is 10.6. The molecule has 1 aromatic carbocycles. The maximum Gasteiger partial charge on any atom is 0.360 e. The Kier molecular flexibility index (Phi) is 5.16. The molecule has 1 aromatic heterocycles. The summed E-state index contributed by atoms with van der Waals surface area (Å²) in [7, 11) is 0. The first kappa shape index (κ1) is 17.2. The summed E-state index contributed by atoms with van der Waals surface area (Å²) >= 11 is 0. The standard InChI is InChI=1S/C19H23N3O3/c1-3-25-19(24)18-16(21-11-9-14(2)10-12-21)13-17(23)22(20-18)15-7-5-4-6-8-15/h4-8,13-14H,3,9-12H2,1-2H3. The number of anilines is 1. The molecule has 6 nitrogen and oxygen atoms in total. The van der Waals surface area contributed by atoms with Gasteiger partial charge in [-0.05, 0) is 37.8 Å². The van der Waals surface area contributed by atoms with Crippen molar-refractivity contribution in [3.05, 3.63) is 52.4 Å². The Balaban J connectivity index is 2.06. The number of aromatic nitrogens is 2. The van der Waals surface area contributed by atoms with Crippen LogP contribution < -0.4 is 10.5 Å². The van der Waals surface area contributed by atoms with Crippen LogP contribution in [0.15, 0.2) is 41.2 Å². The molecule has 1 saturated heterocycles. The zero-order chi connectivity index (χ0) is 17.8. The number of para-hydroxylation sites is 1. The lowest BCUT2D eigenvalue weighted by molar-refractivity contribution is 0.0518. The highest BCUT2D eigenvalue weighted by atomic mass is 16.5. The fourth-order valence-electron chi connectivity index (χ4n) is 3.04. The van der Waals surface area contributed by atoms with Gasteiger partial charge in [-0.1, -0.05) is 25.1 Å². The average molecular weight is 341 g/mol. The Morgan fingerprint density at radius 3 is 2.56 bits per heavy atom. The van der Waals surface area contributed by atoms with Crippen LogP contribution in [0, 0.1) is 5.92 Å². The Bertz CT molecular complexity index is 793. The summed E-state index contributed by atoms with van der Waals surface area (Å²) in [6.45, 7) is 5.86. The average Bonchev–Trinajstić information content (AvgIpc) is 2.63. The quantitative estimate of drug-likeness (QED) is 0.800. The van der Waals surface area contributed by atoms with Gasteiger partial charge in [0.05, 0.1) is 18.0 Å². The number of nitrogens with zero attached hydrogens (tertiary/aromatic N) is 3. The largest absolute Gasteiger partial charge is 0.461 e. The molecular formula is C19H23N3O3. The minimum absolute atomic E-state index is 0.194. The van der Waals surface area contributed by atoms with E-state index in [0.717, 1.165) is 25.9 Å². The molecule has 0 spiro atoms. The van der Waals surface area contributed by atoms with E-state index in [0.29, 0.717) is 17.3 Å². The number of rotatable bonds is 4. The van der Waals surface area contributed by atoms with E-state index >= 15 is 0 Å². The Morgan fingerprint density at radius 2 is 1.92 bits per heavy atom. The first-order chi connectivity index (χ1) is 12.1. The third-order valence-corrected chi connectivity index (χ3v) is 4.51. The van der Waals surface area contributed by atoms with Crippen LogP contribution in [0.3, 0.4) is 0 Å². The SMILES string of the molecule is CCOC(=O)c1nn(-c2ccccc2)c(=O)cc1N1CCC(C)CC1. The van der Waals surface area contributed by atoms with Crippen LogP contribution in [0.4, 0.5) is 5.69 Å². The van der Waals surface area contributed by atoms with Crippen molar-refractivity contribution in [2.75, 3.05) is 24.6 Å². The highest BCUT2D eigenvalue weighted by molar-refractivity contribution is 5.93. The molecule has 0 atom stereocenters. The lowest BCUT2D eigenvalue weighted by Crippen LogP contribution is -2.36. The van der Waals surface area contributed by atoms with Crippen molar-refractivity contribution < 1.29 is 9.53 Å². The molecule has 0 radical (unpaired) electrons. The number of carbonyl (C=O) groups is 1. The smallest absolute Gasteiger partial charge is 0.360 e. The summed E-state index contributed by atoms with van der Waals surface area (Å²) in [4.78, 5) is 27.1. The summed E-state index contributed by atoms with van der Waals surface area (Å²) in [5.41, 5.74) is 1.13. The number of carbonyl (C=O) groups excluding carboxylic acids is 1. The first-order valence-electron chi connectivity index (χ1n) is 8.72. The van der Waals surface area contributed by atoms with Crippen molar-refractivity contribution in [2.45, 2.75) is 26.7 Å². The monoisotopic (exact) mass is 341 g/mol. The molecule has 0 bridgehead atoms. The van der Waals surface area contributed by atoms with Gasteiger partial charge in [-0.2, -0.15) is 9.78 Å². The zero-order valence-electron chi connectivity index (χ0n) is 14.6. The topological polar surface area (TPSA) is 64.4 Å². The van der Waals surface area contributed by atoms with Crippen LogP contribution in [0.5, 0.6) is 0 Å². The summed E-state index contributed by atoms with van der Waals surface area (Å²) in [5, 5.41) is 4.34. The predicted octanol–water partition coefficient (Wildman–Crippen LogP) is 2.65. The molecule has 0 amide bonds. The van der Waals surface area contributed by atoms with E-state index in [-0.39, 0.29) is 17.9 Å². The molecule has 3 rings (SSSR count). The number of benzene rings is 1. The Hall–Kier alpha value is -2.63. The number of hydrogen-bond donors (Lipinski definition) is 0. The molecule has 0 N–H and O–H groups in total. The number of piperidine rings is 1. The molecule has 132 valence electrons. The van der Waals surface area contributed by atoms with Gasteiger partial charge in [0, 0.05) is 19.2 Å². The van der Waals surface area contributed by atoms with Crippen LogP contribution in [0.25, 0.3) is 5.69 Å². The molecular weight excluding hydrogens is 318 g/mol. The lowest BCUT2D eigenvalue weighted by atomic mass is 9.98. The highest BCUT2D eigenvalue weighted by Crippen LogP contribution is 2.25. The van der Waals surface area contributed by atoms with E-state index in [1.807, 2.05) is 18.2 Å². The zero-order valence-corrected chi connectivity index (χ0v) is 14.6. The van der Waals surface area contributed by atoms with Gasteiger partial charge >= 0.3 is 5.97 Å². The van der Waals surface area contributed by atoms with Gasteiger partial charge < -0.3 is 9.64 Å². The Labute approximate surface area is 147 Å². The predicted molar refractivity (Wildman–Crippen MR) is 96.4 cm³/mol. The van der Waals surface area contributed by atoms with E-state index in [4.69, 9.17) is 4.74 Å². The van der Waals surface area contributed by atoms with Gasteiger partial charge in [-0.3, -0.25) is 4.79 Å². The molecule has 25 heavy (non-hydrogen) atoms. The van der Waals surface area contributed by atoms with Crippen molar-refractivity contribution in [3.8, 4) is 5.69 Å². The molecule has 0 saturated carbocycles. The van der Waals surface area contributed by atoms with Gasteiger partial charge in [-0.15, -0.1) is 0 Å². The van der Waals surface area contributed by atoms with Crippen molar-refractivity contribution in [2.24, 2.45) is 5.92 Å². The van der Waals surface area contributed by atoms with E-state index in [2.05, 4.69) is 16.9 Å². The molecule has 0 aliphatic carbocycles. The number of esters is 1. The third kappa shape index (κ3) is 3.73. The minimum atomic E-state index is -0.499. The van der Waals surface area contributed by atoms with E-state index < -0.39 is 5.97 Å². The normalized spacial score (nSPS) is 15.2. The summed E-state index contributed by atoms with van der Waals surface area (Å²) in [5.74, 6) is 0.153. The van der Waals surface area contributed by atoms with Crippen molar-refractivity contribution in [1.82, 2.24) is 9.78 Å². The second kappa shape index (κ2) is 7.51. The molecule has 1 aliphatic rings. The maximum absolute atomic E-state index is 12.6. The molecule has 2 heterocycles. The van der Waals surface area contributed by atoms with Gasteiger partial charge in [0.2, 0.25) is 0 Å². The molecule has 6 heteroatoms. The van der Waals surface area contributed by atoms with Gasteiger partial charge in [-0.25, -0.2) is 4.79 Å². The molecule has 2 aromatic rings. The van der Waals surface area contributed by atoms with E-state index in [9.17, 15) is 9.59 Å². The minimum Gasteiger partial charge on any atom is -0.461 e. The second-order valence-electron chi connectivity index (χ2n) is 6.35. The van der Waals surface area contributed by atoms with Gasteiger partial charge in [0.25, 0.3) is 5.56 Å². The lowest BCUT2D eigenvalue weighted by Gasteiger charge is -2.32. The fourth-order valence-corrected chi connectivity index (χ4v) is 3.04. The molecule has 1 aliphatic heterocycles. The molecule has 1 fully saturated rings. The summed E-state index contributed by atoms with van der Waals surface area (Å²) < 4.78 is 6.42. The van der Waals surface area contributed by atoms with Crippen LogP contribution >= 0.6 is 0 Å². The van der Waals surface area contributed by atoms with Crippen molar-refractivity contribution in [1.29, 1.82) is 0 Å². The van der Waals surface area contributed by atoms with Crippen molar-refractivity contribution in [3.63, 3.8) is 0 Å². The number of hydrogen-bond acceptors (Lipinski definition) is 5. The van der Waals surface area contributed by atoms with Crippen LogP contribution in [-0.2, 0) is 4.74 Å². The Morgan fingerprint density at radius 1 is 1.24 bits per heavy atom. The van der Waals surface area contributed by atoms with Gasteiger partial charge in [0.1, 0.15) is 0 Å². The molecule has 0 unspecified atom stereocenters. The number of ether oxygens (including phenoxy) is 1. The summed E-state index contributed by atoms with van der Waals surface area (Å²) in [6.07, 6.45) is 2.06. The van der Waals surface area contributed by atoms with Crippen LogP contribution in [-0.4, -0.2) is 35.4 Å². The third-order valence-electron chi connectivity index (χ3n) is 4.51. The highest BCUT2D eigenvalue weighted by Gasteiger charge is 2.25. The van der Waals surface area contributed by atoms with Crippen LogP contribution in [0.1, 0.15) is 37.2 Å².